The van der Waals surface area contributed by atoms with E-state index in [1.807, 2.05) is 56.0 Å². The first-order valence-electron chi connectivity index (χ1n) is 14.7. The van der Waals surface area contributed by atoms with Gasteiger partial charge in [0, 0.05) is 42.8 Å². The van der Waals surface area contributed by atoms with Crippen LogP contribution in [-0.4, -0.2) is 51.0 Å². The van der Waals surface area contributed by atoms with Gasteiger partial charge >= 0.3 is 5.69 Å². The first-order chi connectivity index (χ1) is 20.6. The molecule has 0 N–H and O–H groups in total. The van der Waals surface area contributed by atoms with E-state index >= 15 is 4.39 Å². The number of halogens is 1. The van der Waals surface area contributed by atoms with Crippen molar-refractivity contribution in [2.45, 2.75) is 52.5 Å². The van der Waals surface area contributed by atoms with Crippen molar-refractivity contribution in [1.82, 2.24) is 19.4 Å². The Morgan fingerprint density at radius 1 is 1.05 bits per heavy atom. The third kappa shape index (κ3) is 5.38. The Morgan fingerprint density at radius 3 is 2.44 bits per heavy atom. The number of hydrogen-bond acceptors (Lipinski definition) is 5. The Kier molecular flexibility index (Phi) is 8.31. The normalized spacial score (nSPS) is 15.4. The van der Waals surface area contributed by atoms with Gasteiger partial charge in [-0.05, 0) is 59.7 Å². The zero-order valence-electron chi connectivity index (χ0n) is 25.5. The van der Waals surface area contributed by atoms with Crippen molar-refractivity contribution in [2.24, 2.45) is 0 Å². The number of carbonyl (C=O) groups is 1. The summed E-state index contributed by atoms with van der Waals surface area (Å²) in [5.74, 6) is -0.0582. The standard InChI is InChI=1S/C35H38FN5O2/c1-8-24-12-10-11-13-26(24)27-19-30-28(18-29(27)36)34(40-17-16-39(20-23(40)7)31(42)9-2)38-35(43)41(30)33-25(21(3)4)14-15-37-32(33)22(5)6/h8-15,18-19,21-23H,1-2,16-17,20H2,3-7H3/t23-/m0/s1. The van der Waals surface area contributed by atoms with Crippen molar-refractivity contribution >= 4 is 28.7 Å². The lowest BCUT2D eigenvalue weighted by atomic mass is 9.95. The maximum absolute atomic E-state index is 16.2. The lowest BCUT2D eigenvalue weighted by Gasteiger charge is -2.40. The van der Waals surface area contributed by atoms with E-state index in [1.54, 1.807) is 27.8 Å². The van der Waals surface area contributed by atoms with Gasteiger partial charge in [0.15, 0.2) is 0 Å². The Morgan fingerprint density at radius 2 is 1.79 bits per heavy atom. The zero-order chi connectivity index (χ0) is 31.0. The summed E-state index contributed by atoms with van der Waals surface area (Å²) in [4.78, 5) is 39.6. The summed E-state index contributed by atoms with van der Waals surface area (Å²) >= 11 is 0. The Labute approximate surface area is 252 Å². The minimum atomic E-state index is -0.467. The Balaban J connectivity index is 1.86. The number of fused-ring (bicyclic) bond motifs is 1. The van der Waals surface area contributed by atoms with Crippen LogP contribution < -0.4 is 10.6 Å². The lowest BCUT2D eigenvalue weighted by molar-refractivity contribution is -0.126. The molecule has 3 heterocycles. The molecule has 2 aromatic carbocycles. The van der Waals surface area contributed by atoms with E-state index in [-0.39, 0.29) is 23.8 Å². The molecule has 4 aromatic rings. The maximum atomic E-state index is 16.2. The molecule has 0 bridgehead atoms. The number of rotatable bonds is 7. The predicted molar refractivity (Wildman–Crippen MR) is 172 cm³/mol. The number of benzene rings is 2. The van der Waals surface area contributed by atoms with Gasteiger partial charge in [-0.2, -0.15) is 4.98 Å². The first kappa shape index (κ1) is 29.9. The van der Waals surface area contributed by atoms with Gasteiger partial charge in [0.25, 0.3) is 0 Å². The van der Waals surface area contributed by atoms with Crippen molar-refractivity contribution < 1.29 is 9.18 Å². The molecule has 1 amide bonds. The van der Waals surface area contributed by atoms with Crippen molar-refractivity contribution in [1.29, 1.82) is 0 Å². The molecule has 2 aromatic heterocycles. The van der Waals surface area contributed by atoms with E-state index in [2.05, 4.69) is 32.0 Å². The fourth-order valence-corrected chi connectivity index (χ4v) is 6.01. The van der Waals surface area contributed by atoms with Crippen LogP contribution >= 0.6 is 0 Å². The topological polar surface area (TPSA) is 71.3 Å². The van der Waals surface area contributed by atoms with Gasteiger partial charge in [0.2, 0.25) is 5.91 Å². The fourth-order valence-electron chi connectivity index (χ4n) is 6.01. The summed E-state index contributed by atoms with van der Waals surface area (Å²) in [7, 11) is 0. The minimum Gasteiger partial charge on any atom is -0.350 e. The molecule has 222 valence electrons. The highest BCUT2D eigenvalue weighted by Gasteiger charge is 2.30. The van der Waals surface area contributed by atoms with Crippen LogP contribution in [0.1, 0.15) is 63.3 Å². The van der Waals surface area contributed by atoms with Gasteiger partial charge < -0.3 is 9.80 Å². The van der Waals surface area contributed by atoms with Gasteiger partial charge in [-0.3, -0.25) is 14.3 Å². The highest BCUT2D eigenvalue weighted by atomic mass is 19.1. The quantitative estimate of drug-likeness (QED) is 0.228. The molecule has 1 fully saturated rings. The van der Waals surface area contributed by atoms with E-state index in [9.17, 15) is 9.59 Å². The van der Waals surface area contributed by atoms with E-state index < -0.39 is 11.5 Å². The summed E-state index contributed by atoms with van der Waals surface area (Å²) in [6, 6.07) is 12.5. The Bertz CT molecular complexity index is 1770. The first-order valence-corrected chi connectivity index (χ1v) is 14.7. The third-order valence-corrected chi connectivity index (χ3v) is 8.19. The highest BCUT2D eigenvalue weighted by molar-refractivity contribution is 5.95. The van der Waals surface area contributed by atoms with Crippen LogP contribution in [0.3, 0.4) is 0 Å². The van der Waals surface area contributed by atoms with Crippen molar-refractivity contribution in [3.05, 3.63) is 101 Å². The smallest absolute Gasteiger partial charge is 0.350 e. The van der Waals surface area contributed by atoms with Crippen molar-refractivity contribution in [3.8, 4) is 16.8 Å². The van der Waals surface area contributed by atoms with E-state index in [4.69, 9.17) is 4.98 Å². The van der Waals surface area contributed by atoms with E-state index in [1.165, 1.54) is 12.1 Å². The van der Waals surface area contributed by atoms with Crippen molar-refractivity contribution in [3.63, 3.8) is 0 Å². The monoisotopic (exact) mass is 579 g/mol. The van der Waals surface area contributed by atoms with Crippen molar-refractivity contribution in [2.75, 3.05) is 24.5 Å². The number of carbonyl (C=O) groups excluding carboxylic acids is 1. The van der Waals surface area contributed by atoms with Gasteiger partial charge in [0.1, 0.15) is 11.6 Å². The number of nitrogens with zero attached hydrogens (tertiary/aromatic N) is 5. The number of anilines is 1. The number of piperazine rings is 1. The third-order valence-electron chi connectivity index (χ3n) is 8.19. The SMILES string of the molecule is C=CC(=O)N1CCN(c2nc(=O)n(-c3c(C(C)C)ccnc3C(C)C)c3cc(-c4ccccc4C=C)c(F)cc23)[C@@H](C)C1. The van der Waals surface area contributed by atoms with E-state index in [0.717, 1.165) is 16.8 Å². The van der Waals surface area contributed by atoms with Crippen LogP contribution in [0.15, 0.2) is 72.7 Å². The average molecular weight is 580 g/mol. The number of amides is 1. The molecule has 0 spiro atoms. The molecule has 1 atom stereocenters. The summed E-state index contributed by atoms with van der Waals surface area (Å²) in [5, 5.41) is 0.514. The number of pyridine rings is 1. The van der Waals surface area contributed by atoms with Crippen LogP contribution in [0.2, 0.25) is 0 Å². The van der Waals surface area contributed by atoms with Crippen LogP contribution in [0.4, 0.5) is 10.2 Å². The maximum Gasteiger partial charge on any atom is 0.354 e. The number of aromatic nitrogens is 3. The molecule has 5 rings (SSSR count). The zero-order valence-corrected chi connectivity index (χ0v) is 25.5. The number of hydrogen-bond donors (Lipinski definition) is 0. The van der Waals surface area contributed by atoms with Crippen LogP contribution in [0.5, 0.6) is 0 Å². The fraction of sp³-hybridized carbons (Fsp3) is 0.314. The second-order valence-corrected chi connectivity index (χ2v) is 11.7. The van der Waals surface area contributed by atoms with Gasteiger partial charge in [-0.15, -0.1) is 0 Å². The molecule has 0 radical (unpaired) electrons. The molecule has 1 aliphatic heterocycles. The molecular weight excluding hydrogens is 541 g/mol. The molecule has 7 nitrogen and oxygen atoms in total. The minimum absolute atomic E-state index is 0.0206. The second kappa shape index (κ2) is 12.0. The summed E-state index contributed by atoms with van der Waals surface area (Å²) in [5.41, 5.74) is 4.32. The molecule has 1 aliphatic rings. The van der Waals surface area contributed by atoms with Crippen LogP contribution in [0, 0.1) is 5.82 Å². The largest absolute Gasteiger partial charge is 0.354 e. The summed E-state index contributed by atoms with van der Waals surface area (Å²) < 4.78 is 17.8. The lowest BCUT2D eigenvalue weighted by Crippen LogP contribution is -2.54. The molecule has 0 aliphatic carbocycles. The van der Waals surface area contributed by atoms with Gasteiger partial charge in [-0.25, -0.2) is 9.18 Å². The molecule has 0 unspecified atom stereocenters. The van der Waals surface area contributed by atoms with Gasteiger partial charge in [0.05, 0.1) is 16.9 Å². The second-order valence-electron chi connectivity index (χ2n) is 11.7. The summed E-state index contributed by atoms with van der Waals surface area (Å²) in [6.45, 7) is 19.1. The molecule has 8 heteroatoms. The average Bonchev–Trinajstić information content (AvgIpc) is 2.99. The van der Waals surface area contributed by atoms with Gasteiger partial charge in [-0.1, -0.05) is 71.2 Å². The summed E-state index contributed by atoms with van der Waals surface area (Å²) in [6.07, 6.45) is 4.78. The Hall–Kier alpha value is -4.59. The molecular formula is C35H38FN5O2. The van der Waals surface area contributed by atoms with E-state index in [0.29, 0.717) is 53.2 Å². The molecule has 43 heavy (non-hydrogen) atoms. The predicted octanol–water partition coefficient (Wildman–Crippen LogP) is 6.70. The van der Waals surface area contributed by atoms with Crippen LogP contribution in [-0.2, 0) is 4.79 Å². The van der Waals surface area contributed by atoms with Crippen LogP contribution in [0.25, 0.3) is 33.8 Å². The molecule has 1 saturated heterocycles. The molecule has 0 saturated carbocycles. The highest BCUT2D eigenvalue weighted by Crippen LogP contribution is 2.37.